The van der Waals surface area contributed by atoms with E-state index in [1.54, 1.807) is 6.92 Å². The van der Waals surface area contributed by atoms with Crippen LogP contribution in [0.25, 0.3) is 0 Å². The molecule has 82 valence electrons. The third-order valence-corrected chi connectivity index (χ3v) is 2.80. The molecule has 0 spiro atoms. The molecule has 4 nitrogen and oxygen atoms in total. The van der Waals surface area contributed by atoms with Gasteiger partial charge in [-0.3, -0.25) is 4.79 Å². The largest absolute Gasteiger partial charge is 0.393 e. The van der Waals surface area contributed by atoms with Crippen LogP contribution in [0.3, 0.4) is 0 Å². The van der Waals surface area contributed by atoms with Gasteiger partial charge in [0, 0.05) is 12.5 Å². The Labute approximate surface area is 85.1 Å². The summed E-state index contributed by atoms with van der Waals surface area (Å²) in [5.74, 6) is 0.684. The van der Waals surface area contributed by atoms with E-state index < -0.39 is 0 Å². The van der Waals surface area contributed by atoms with E-state index >= 15 is 0 Å². The summed E-state index contributed by atoms with van der Waals surface area (Å²) >= 11 is 0. The molecule has 1 heterocycles. The molecule has 0 saturated carbocycles. The van der Waals surface area contributed by atoms with Crippen LogP contribution in [0.4, 0.5) is 0 Å². The van der Waals surface area contributed by atoms with Gasteiger partial charge in [0.05, 0.1) is 6.10 Å². The zero-order valence-corrected chi connectivity index (χ0v) is 8.92. The highest BCUT2D eigenvalue weighted by atomic mass is 16.3. The first kappa shape index (κ1) is 11.5. The lowest BCUT2D eigenvalue weighted by atomic mass is 9.88. The van der Waals surface area contributed by atoms with Crippen LogP contribution < -0.4 is 10.6 Å². The van der Waals surface area contributed by atoms with Crippen molar-refractivity contribution in [3.8, 4) is 0 Å². The van der Waals surface area contributed by atoms with Crippen molar-refractivity contribution in [2.75, 3.05) is 19.6 Å². The van der Waals surface area contributed by atoms with Gasteiger partial charge in [-0.25, -0.2) is 0 Å². The highest BCUT2D eigenvalue weighted by Gasteiger charge is 2.28. The van der Waals surface area contributed by atoms with Gasteiger partial charge < -0.3 is 15.7 Å². The summed E-state index contributed by atoms with van der Waals surface area (Å²) in [7, 11) is 0. The average Bonchev–Trinajstić information content (AvgIpc) is 2.00. The summed E-state index contributed by atoms with van der Waals surface area (Å²) in [5.41, 5.74) is 0. The molecule has 14 heavy (non-hydrogen) atoms. The Bertz CT molecular complexity index is 191. The zero-order valence-electron chi connectivity index (χ0n) is 8.92. The third kappa shape index (κ3) is 3.27. The molecule has 1 amide bonds. The SMILES string of the molecule is CC(O)CCNC(=O)C(C)C1CNC1. The Morgan fingerprint density at radius 1 is 1.57 bits per heavy atom. The van der Waals surface area contributed by atoms with Crippen molar-refractivity contribution in [2.24, 2.45) is 11.8 Å². The topological polar surface area (TPSA) is 61.4 Å². The molecule has 4 heteroatoms. The van der Waals surface area contributed by atoms with Crippen molar-refractivity contribution < 1.29 is 9.90 Å². The molecule has 3 N–H and O–H groups in total. The van der Waals surface area contributed by atoms with E-state index in [4.69, 9.17) is 5.11 Å². The van der Waals surface area contributed by atoms with Crippen LogP contribution in [0, 0.1) is 11.8 Å². The first-order chi connectivity index (χ1) is 6.61. The predicted octanol–water partition coefficient (Wildman–Crippen LogP) is -0.271. The molecular formula is C10H20N2O2. The second kappa shape index (κ2) is 5.32. The van der Waals surface area contributed by atoms with E-state index in [-0.39, 0.29) is 17.9 Å². The minimum absolute atomic E-state index is 0.0882. The summed E-state index contributed by atoms with van der Waals surface area (Å²) in [5, 5.41) is 15.0. The minimum Gasteiger partial charge on any atom is -0.393 e. The van der Waals surface area contributed by atoms with Gasteiger partial charge in [0.2, 0.25) is 5.91 Å². The van der Waals surface area contributed by atoms with Crippen molar-refractivity contribution in [3.63, 3.8) is 0 Å². The number of hydrogen-bond acceptors (Lipinski definition) is 3. The molecule has 0 aromatic carbocycles. The van der Waals surface area contributed by atoms with E-state index in [9.17, 15) is 4.79 Å². The van der Waals surface area contributed by atoms with Crippen LogP contribution in [-0.4, -0.2) is 36.8 Å². The maximum absolute atomic E-state index is 11.5. The quantitative estimate of drug-likeness (QED) is 0.572. The maximum atomic E-state index is 11.5. The molecule has 2 atom stereocenters. The molecular weight excluding hydrogens is 180 g/mol. The van der Waals surface area contributed by atoms with Crippen LogP contribution in [0.1, 0.15) is 20.3 Å². The number of rotatable bonds is 5. The Hall–Kier alpha value is -0.610. The fraction of sp³-hybridized carbons (Fsp3) is 0.900. The third-order valence-electron chi connectivity index (χ3n) is 2.80. The second-order valence-corrected chi connectivity index (χ2v) is 4.14. The summed E-state index contributed by atoms with van der Waals surface area (Å²) in [6.45, 7) is 6.16. The van der Waals surface area contributed by atoms with Crippen LogP contribution in [0.2, 0.25) is 0 Å². The number of amides is 1. The molecule has 0 radical (unpaired) electrons. The lowest BCUT2D eigenvalue weighted by Crippen LogP contribution is -2.49. The first-order valence-electron chi connectivity index (χ1n) is 5.27. The van der Waals surface area contributed by atoms with Crippen LogP contribution in [-0.2, 0) is 4.79 Å². The van der Waals surface area contributed by atoms with Crippen molar-refractivity contribution in [2.45, 2.75) is 26.4 Å². The van der Waals surface area contributed by atoms with E-state index in [0.717, 1.165) is 13.1 Å². The van der Waals surface area contributed by atoms with Crippen LogP contribution in [0.5, 0.6) is 0 Å². The highest BCUT2D eigenvalue weighted by molar-refractivity contribution is 5.78. The number of nitrogens with one attached hydrogen (secondary N) is 2. The minimum atomic E-state index is -0.337. The van der Waals surface area contributed by atoms with Crippen molar-refractivity contribution in [1.29, 1.82) is 0 Å². The Morgan fingerprint density at radius 3 is 2.64 bits per heavy atom. The van der Waals surface area contributed by atoms with Gasteiger partial charge >= 0.3 is 0 Å². The van der Waals surface area contributed by atoms with Gasteiger partial charge in [0.25, 0.3) is 0 Å². The molecule has 1 saturated heterocycles. The molecule has 0 aromatic rings. The number of carbonyl (C=O) groups excluding carboxylic acids is 1. The molecule has 2 unspecified atom stereocenters. The average molecular weight is 200 g/mol. The fourth-order valence-corrected chi connectivity index (χ4v) is 1.44. The zero-order chi connectivity index (χ0) is 10.6. The lowest BCUT2D eigenvalue weighted by molar-refractivity contribution is -0.126. The fourth-order valence-electron chi connectivity index (χ4n) is 1.44. The van der Waals surface area contributed by atoms with E-state index in [0.29, 0.717) is 18.9 Å². The van der Waals surface area contributed by atoms with E-state index in [1.807, 2.05) is 6.92 Å². The summed E-state index contributed by atoms with van der Waals surface area (Å²) < 4.78 is 0. The van der Waals surface area contributed by atoms with E-state index in [2.05, 4.69) is 10.6 Å². The molecule has 1 aliphatic heterocycles. The molecule has 1 rings (SSSR count). The predicted molar refractivity (Wildman–Crippen MR) is 54.8 cm³/mol. The van der Waals surface area contributed by atoms with Gasteiger partial charge in [-0.05, 0) is 32.4 Å². The Morgan fingerprint density at radius 2 is 2.21 bits per heavy atom. The monoisotopic (exact) mass is 200 g/mol. The molecule has 1 aliphatic rings. The van der Waals surface area contributed by atoms with Gasteiger partial charge in [-0.1, -0.05) is 6.92 Å². The van der Waals surface area contributed by atoms with Gasteiger partial charge in [-0.2, -0.15) is 0 Å². The van der Waals surface area contributed by atoms with Crippen LogP contribution in [0.15, 0.2) is 0 Å². The van der Waals surface area contributed by atoms with Gasteiger partial charge in [-0.15, -0.1) is 0 Å². The van der Waals surface area contributed by atoms with Crippen molar-refractivity contribution >= 4 is 5.91 Å². The first-order valence-corrected chi connectivity index (χ1v) is 5.27. The smallest absolute Gasteiger partial charge is 0.223 e. The van der Waals surface area contributed by atoms with Gasteiger partial charge in [0.15, 0.2) is 0 Å². The Kier molecular flexibility index (Phi) is 4.35. The molecule has 0 aliphatic carbocycles. The summed E-state index contributed by atoms with van der Waals surface area (Å²) in [6.07, 6.45) is 0.289. The van der Waals surface area contributed by atoms with E-state index in [1.165, 1.54) is 0 Å². The standard InChI is InChI=1S/C10H20N2O2/c1-7(13)3-4-12-10(14)8(2)9-5-11-6-9/h7-9,11,13H,3-6H2,1-2H3,(H,12,14). The second-order valence-electron chi connectivity index (χ2n) is 4.14. The summed E-state index contributed by atoms with van der Waals surface area (Å²) in [4.78, 5) is 11.5. The lowest BCUT2D eigenvalue weighted by Gasteiger charge is -2.31. The van der Waals surface area contributed by atoms with Crippen LogP contribution >= 0.6 is 0 Å². The molecule has 1 fully saturated rings. The number of hydrogen-bond donors (Lipinski definition) is 3. The number of carbonyl (C=O) groups is 1. The molecule has 0 bridgehead atoms. The van der Waals surface area contributed by atoms with Gasteiger partial charge in [0.1, 0.15) is 0 Å². The maximum Gasteiger partial charge on any atom is 0.223 e. The highest BCUT2D eigenvalue weighted by Crippen LogP contribution is 2.15. The van der Waals surface area contributed by atoms with Crippen molar-refractivity contribution in [3.05, 3.63) is 0 Å². The number of aliphatic hydroxyl groups is 1. The normalized spacial score (nSPS) is 21.1. The Balaban J connectivity index is 2.13. The molecule has 0 aromatic heterocycles. The summed E-state index contributed by atoms with van der Waals surface area (Å²) in [6, 6.07) is 0. The number of aliphatic hydroxyl groups excluding tert-OH is 1. The van der Waals surface area contributed by atoms with Crippen molar-refractivity contribution in [1.82, 2.24) is 10.6 Å².